The number of piperidine rings is 4. The Morgan fingerprint density at radius 1 is 0.415 bits per heavy atom. The van der Waals surface area contributed by atoms with Crippen molar-refractivity contribution in [3.8, 4) is 6.01 Å². The van der Waals surface area contributed by atoms with Crippen LogP contribution in [0.2, 0.25) is 0 Å². The van der Waals surface area contributed by atoms with Crippen molar-refractivity contribution in [2.75, 3.05) is 180 Å². The monoisotopic (exact) mass is 2170 g/mol. The zero-order valence-corrected chi connectivity index (χ0v) is 86.1. The van der Waals surface area contributed by atoms with Crippen LogP contribution in [-0.2, 0) is 35.3 Å². The number of anilines is 14. The topological polar surface area (TPSA) is 527 Å². The number of halogens is 3. The number of nitrogens with two attached hydrogens (primary N) is 8. The van der Waals surface area contributed by atoms with E-state index in [1.165, 1.54) is 31.5 Å². The Hall–Kier alpha value is -15.3. The van der Waals surface area contributed by atoms with Gasteiger partial charge in [-0.15, -0.1) is 0 Å². The van der Waals surface area contributed by atoms with Crippen molar-refractivity contribution < 1.29 is 14.3 Å². The van der Waals surface area contributed by atoms with Crippen LogP contribution in [0.5, 0.6) is 6.01 Å². The first-order valence-corrected chi connectivity index (χ1v) is 51.8. The second-order valence-electron chi connectivity index (χ2n) is 37.6. The maximum absolute atomic E-state index is 12.9. The lowest BCUT2D eigenvalue weighted by atomic mass is 9.83. The van der Waals surface area contributed by atoms with E-state index in [0.717, 1.165) is 260 Å². The van der Waals surface area contributed by atoms with Gasteiger partial charge in [0.15, 0.2) is 45.3 Å². The van der Waals surface area contributed by atoms with Crippen molar-refractivity contribution >= 4 is 180 Å². The zero-order chi connectivity index (χ0) is 101. The van der Waals surface area contributed by atoms with Crippen LogP contribution in [0.3, 0.4) is 0 Å². The minimum atomic E-state index is -0.385. The van der Waals surface area contributed by atoms with Gasteiger partial charge in [0.05, 0.1) is 63.2 Å². The highest BCUT2D eigenvalue weighted by atomic mass is 79.9. The minimum Gasteiger partial charge on any atom is -0.460 e. The third-order valence-electron chi connectivity index (χ3n) is 28.0. The Morgan fingerprint density at radius 3 is 1.37 bits per heavy atom. The van der Waals surface area contributed by atoms with E-state index >= 15 is 0 Å². The molecular weight excluding hydrogens is 2060 g/mol. The van der Waals surface area contributed by atoms with Gasteiger partial charge in [-0.25, -0.2) is 44.9 Å². The maximum Gasteiger partial charge on any atom is 0.316 e. The number of likely N-dealkylation sites (tertiary alicyclic amines) is 1. The number of nitrogens with zero attached hydrogens (tertiary/aromatic N) is 31. The van der Waals surface area contributed by atoms with Crippen molar-refractivity contribution in [2.24, 2.45) is 11.7 Å². The quantitative estimate of drug-likeness (QED) is 0.0488. The number of fused-ring (bicyclic) bond motifs is 8. The van der Waals surface area contributed by atoms with Gasteiger partial charge >= 0.3 is 6.01 Å². The van der Waals surface area contributed by atoms with Gasteiger partial charge in [0.2, 0.25) is 5.91 Å². The molecule has 0 saturated carbocycles. The Bertz CT molecular complexity index is 7610. The van der Waals surface area contributed by atoms with E-state index in [-0.39, 0.29) is 29.6 Å². The molecule has 26 rings (SSSR count). The highest BCUT2D eigenvalue weighted by Crippen LogP contribution is 2.42. The lowest BCUT2D eigenvalue weighted by Gasteiger charge is -2.45. The zero-order valence-electron chi connectivity index (χ0n) is 81.4. The Labute approximate surface area is 871 Å². The van der Waals surface area contributed by atoms with Crippen LogP contribution < -0.4 is 90.2 Å². The number of hydrogen-bond donors (Lipinski definition) is 9. The van der Waals surface area contributed by atoms with Crippen LogP contribution in [0.15, 0.2) is 227 Å². The van der Waals surface area contributed by atoms with E-state index in [9.17, 15) is 9.59 Å². The van der Waals surface area contributed by atoms with Crippen molar-refractivity contribution in [1.29, 1.82) is 0 Å². The summed E-state index contributed by atoms with van der Waals surface area (Å²) in [4.78, 5) is 83.7. The van der Waals surface area contributed by atoms with Gasteiger partial charge in [-0.3, -0.25) is 9.59 Å². The summed E-state index contributed by atoms with van der Waals surface area (Å²) < 4.78 is 19.9. The Kier molecular flexibility index (Phi) is 29.9. The fraction of sp³-hybridized carbons (Fsp3) is 0.347. The van der Waals surface area contributed by atoms with Gasteiger partial charge < -0.3 is 95.1 Å². The number of benzene rings is 3. The molecule has 46 heteroatoms. The summed E-state index contributed by atoms with van der Waals surface area (Å²) >= 11 is 10.3. The summed E-state index contributed by atoms with van der Waals surface area (Å²) in [6.07, 6.45) is 28.1. The maximum atomic E-state index is 12.9. The average Bonchev–Trinajstić information content (AvgIpc) is 1.59. The second kappa shape index (κ2) is 44.4. The number of ketones is 1. The number of rotatable bonds is 14. The molecule has 3 aromatic carbocycles. The van der Waals surface area contributed by atoms with Crippen molar-refractivity contribution in [3.63, 3.8) is 0 Å². The molecule has 23 heterocycles. The second-order valence-corrected chi connectivity index (χ2v) is 40.2. The molecular formula is C101H117Br3N40O3. The third kappa shape index (κ3) is 22.3. The fourth-order valence-electron chi connectivity index (χ4n) is 20.3. The third-order valence-corrected chi connectivity index (χ3v) is 29.6. The Morgan fingerprint density at radius 2 is 0.850 bits per heavy atom. The first-order chi connectivity index (χ1) is 71.5. The van der Waals surface area contributed by atoms with Gasteiger partial charge in [0, 0.05) is 218 Å². The number of Topliss-reactive ketones (excluding diaryl/α,β-unsaturated/α-hetero) is 1. The van der Waals surface area contributed by atoms with Gasteiger partial charge in [-0.2, -0.15) is 67.3 Å². The number of nitrogens with one attached hydrogen (secondary N) is 1. The molecule has 15 aromatic heterocycles. The number of hydrogen-bond acceptors (Lipinski definition) is 35. The van der Waals surface area contributed by atoms with Crippen LogP contribution in [0.4, 0.5) is 81.2 Å². The van der Waals surface area contributed by atoms with Crippen LogP contribution in [-0.4, -0.2) is 258 Å². The summed E-state index contributed by atoms with van der Waals surface area (Å²) in [5.41, 5.74) is 59.7. The Balaban J connectivity index is 0.000000105. The number of ether oxygens (including phenoxy) is 1. The molecule has 17 N–H and O–H groups in total. The largest absolute Gasteiger partial charge is 0.460 e. The molecule has 0 aliphatic carbocycles. The predicted molar refractivity (Wildman–Crippen MR) is 581 cm³/mol. The van der Waals surface area contributed by atoms with E-state index in [1.807, 2.05) is 120 Å². The summed E-state index contributed by atoms with van der Waals surface area (Å²) in [5.74, 6) is 9.92. The lowest BCUT2D eigenvalue weighted by Crippen LogP contribution is -2.56. The smallest absolute Gasteiger partial charge is 0.316 e. The van der Waals surface area contributed by atoms with E-state index < -0.39 is 0 Å². The predicted octanol–water partition coefficient (Wildman–Crippen LogP) is 10.3. The van der Waals surface area contributed by atoms with Crippen LogP contribution >= 0.6 is 47.8 Å². The van der Waals surface area contributed by atoms with E-state index in [2.05, 4.69) is 211 Å². The number of carbonyl (C=O) groups is 2. The van der Waals surface area contributed by atoms with Gasteiger partial charge in [-0.05, 0) is 173 Å². The SMILES string of the molecule is CN1CCC(Cc2cc(N)n3ncc(Br)c3n2)CC1.Nc1cc(CCc2ccccc2)nc2c(Br)cnn12.Nc1cc(N2CCC(N3C(=O)Cc4ccccc43)CC2)nc2ccnn12.Nc1cc(N2CCC(Oc3ncccn3)CC2)nc2ccnn12.Nc1cc(N2CCC3(CC2)C(=O)CCN3c2ccccc2)nc2ccnn12.Nc1cc(N2CCNCC2)nc2c(Br)cnn12.Nc1cc(N2CC[C@H](N)C2)nc2ccnn12. The van der Waals surface area contributed by atoms with Crippen molar-refractivity contribution in [2.45, 2.75) is 114 Å². The lowest BCUT2D eigenvalue weighted by molar-refractivity contribution is -0.122. The number of amides is 1. The van der Waals surface area contributed by atoms with E-state index in [1.54, 1.807) is 93.4 Å². The van der Waals surface area contributed by atoms with E-state index in [0.29, 0.717) is 71.3 Å². The standard InChI is InChI=1S/C20H22N6O.C19H20N6O.C15H17N7O.C14H13BrN4.C13H18BrN5.C10H13BrN6.C10H14N6/c21-17-14-19(23-18-6-10-22-26(17)18)24-12-8-20(9-13-24)16(27)7-11-25(20)15-4-2-1-3-5-15;20-16-12-18(22-17-5-8-21-25(16)17)23-9-6-14(7-10-23)24-15-4-2-1-3-13(15)11-19(24)26;16-12-10-14(20-13-2-7-19-22(12)13)21-8-3-11(4-9-21)23-15-17-5-1-6-18-15;15-12-9-17-19-13(16)8-11(18-14(12)19)7-6-10-4-2-1-3-5-10;1-18-4-2-9(3-5-18)6-10-7-12(15)19-13(17-10)11(14)8-16-19;11-7-6-14-17-8(12)5-9(15-10(7)17)16-3-1-13-2-4-16;11-7-2-4-15(6-7)10-5-8(12)16-9(14-10)1-3-13-16/h1-6,10,14H,7-9,11-13,21H2;1-5,8,12,14H,6-7,9-11,20H2;1-2,5-7,10-11H,3-4,8-9,16H2;1-5,8-9H,6-7,16H2;7-9H,2-6,15H2,1H3;5-6,13H,1-4,12H2;1,3,5,7H,2,4,6,11-12H2/t;;;;;;7-/m......0/s1. The highest BCUT2D eigenvalue weighted by molar-refractivity contribution is 9.11. The molecule has 18 aromatic rings. The molecule has 1 atom stereocenters. The van der Waals surface area contributed by atoms with Crippen LogP contribution in [0.1, 0.15) is 86.7 Å². The number of piperazine rings is 1. The normalized spacial score (nSPS) is 17.2. The highest BCUT2D eigenvalue weighted by Gasteiger charge is 2.50. The molecule has 0 unspecified atom stereocenters. The molecule has 7 fully saturated rings. The molecule has 8 aliphatic rings. The molecule has 0 bridgehead atoms. The summed E-state index contributed by atoms with van der Waals surface area (Å²) in [7, 11) is 2.18. The molecule has 43 nitrogen and oxygen atoms in total. The van der Waals surface area contributed by atoms with Crippen molar-refractivity contribution in [3.05, 3.63) is 249 Å². The summed E-state index contributed by atoms with van der Waals surface area (Å²) in [5, 5.41) is 32.4. The molecule has 147 heavy (non-hydrogen) atoms. The number of nitrogen functional groups attached to an aromatic ring is 7. The van der Waals surface area contributed by atoms with Gasteiger partial charge in [0.1, 0.15) is 81.5 Å². The van der Waals surface area contributed by atoms with Crippen LogP contribution in [0.25, 0.3) is 39.5 Å². The molecule has 0 radical (unpaired) electrons. The van der Waals surface area contributed by atoms with E-state index in [4.69, 9.17) is 50.6 Å². The number of aromatic nitrogens is 23. The number of aryl methyl sites for hydroxylation is 2. The average molecular weight is 2180 g/mol. The summed E-state index contributed by atoms with van der Waals surface area (Å²) in [6.45, 7) is 13.8. The molecule has 1 amide bonds. The molecule has 7 saturated heterocycles. The molecule has 760 valence electrons. The summed E-state index contributed by atoms with van der Waals surface area (Å²) in [6, 6.07) is 52.0. The molecule has 8 aliphatic heterocycles. The fourth-order valence-corrected chi connectivity index (χ4v) is 21.3. The van der Waals surface area contributed by atoms with Gasteiger partial charge in [-0.1, -0.05) is 66.7 Å². The van der Waals surface area contributed by atoms with Gasteiger partial charge in [0.25, 0.3) is 0 Å². The first kappa shape index (κ1) is 99.1. The van der Waals surface area contributed by atoms with Crippen molar-refractivity contribution in [1.82, 2.24) is 122 Å². The minimum absolute atomic E-state index is 0.129. The van der Waals surface area contributed by atoms with Crippen LogP contribution in [0, 0.1) is 5.92 Å². The number of carbonyl (C=O) groups excluding carboxylic acids is 2. The molecule has 1 spiro atoms. The first-order valence-electron chi connectivity index (χ1n) is 49.5. The number of para-hydroxylation sites is 2.